The van der Waals surface area contributed by atoms with E-state index in [0.717, 1.165) is 0 Å². The van der Waals surface area contributed by atoms with Crippen LogP contribution < -0.4 is 14.2 Å². The predicted molar refractivity (Wildman–Crippen MR) is 80.9 cm³/mol. The lowest BCUT2D eigenvalue weighted by Crippen LogP contribution is -2.34. The second kappa shape index (κ2) is 6.75. The highest BCUT2D eigenvalue weighted by molar-refractivity contribution is 5.70. The van der Waals surface area contributed by atoms with E-state index in [0.29, 0.717) is 31.2 Å². The van der Waals surface area contributed by atoms with Gasteiger partial charge in [0, 0.05) is 5.56 Å². The molecule has 0 unspecified atom stereocenters. The smallest absolute Gasteiger partial charge is 0.387 e. The minimum Gasteiger partial charge on any atom is -0.486 e. The van der Waals surface area contributed by atoms with Gasteiger partial charge in [0.05, 0.1) is 17.4 Å². The molecule has 0 aromatic heterocycles. The molecule has 1 saturated carbocycles. The lowest BCUT2D eigenvalue weighted by Gasteiger charge is -2.36. The third kappa shape index (κ3) is 3.18. The summed E-state index contributed by atoms with van der Waals surface area (Å²) in [4.78, 5) is 11.2. The fourth-order valence-electron chi connectivity index (χ4n) is 3.48. The second-order valence-corrected chi connectivity index (χ2v) is 6.15. The number of carbonyl (C=O) groups is 1. The first-order valence-corrected chi connectivity index (χ1v) is 7.99. The highest BCUT2D eigenvalue weighted by atomic mass is 19.3. The molecule has 1 aliphatic carbocycles. The largest absolute Gasteiger partial charge is 0.486 e. The van der Waals surface area contributed by atoms with E-state index in [4.69, 9.17) is 14.6 Å². The summed E-state index contributed by atoms with van der Waals surface area (Å²) < 4.78 is 40.7. The van der Waals surface area contributed by atoms with Gasteiger partial charge in [0.2, 0.25) is 5.75 Å². The number of rotatable bonds is 4. The molecule has 1 fully saturated rings. The average Bonchev–Trinajstić information content (AvgIpc) is 2.61. The summed E-state index contributed by atoms with van der Waals surface area (Å²) in [7, 11) is 0. The van der Waals surface area contributed by atoms with Gasteiger partial charge in [0.25, 0.3) is 0 Å². The maximum Gasteiger partial charge on any atom is 0.387 e. The fourth-order valence-corrected chi connectivity index (χ4v) is 3.48. The normalized spacial score (nSPS) is 25.3. The van der Waals surface area contributed by atoms with Gasteiger partial charge in [0.1, 0.15) is 13.2 Å². The van der Waals surface area contributed by atoms with E-state index in [-0.39, 0.29) is 30.5 Å². The van der Waals surface area contributed by atoms with Crippen molar-refractivity contribution in [1.82, 2.24) is 0 Å². The van der Waals surface area contributed by atoms with E-state index in [9.17, 15) is 18.8 Å². The van der Waals surface area contributed by atoms with E-state index in [1.807, 2.05) is 0 Å². The van der Waals surface area contributed by atoms with Crippen LogP contribution in [0.2, 0.25) is 0 Å². The number of aliphatic carboxylic acids is 1. The quantitative estimate of drug-likeness (QED) is 0.895. The molecule has 0 radical (unpaired) electrons. The topological polar surface area (TPSA) is 88.8 Å². The molecule has 0 saturated heterocycles. The van der Waals surface area contributed by atoms with Crippen molar-refractivity contribution >= 4 is 5.97 Å². The second-order valence-electron chi connectivity index (χ2n) is 6.15. The van der Waals surface area contributed by atoms with Crippen LogP contribution >= 0.6 is 0 Å². The first-order chi connectivity index (χ1) is 12.0. The van der Waals surface area contributed by atoms with Gasteiger partial charge in [0.15, 0.2) is 11.5 Å². The number of ether oxygens (including phenoxy) is 3. The van der Waals surface area contributed by atoms with Gasteiger partial charge in [-0.15, -0.1) is 0 Å². The van der Waals surface area contributed by atoms with Crippen LogP contribution in [0.3, 0.4) is 0 Å². The zero-order valence-corrected chi connectivity index (χ0v) is 13.3. The average molecular weight is 353 g/mol. The Labute approximate surface area is 142 Å². The Morgan fingerprint density at radius 3 is 2.48 bits per heavy atom. The molecule has 25 heavy (non-hydrogen) atoms. The Morgan fingerprint density at radius 1 is 1.28 bits per heavy atom. The molecule has 1 N–H and O–H groups in total. The van der Waals surface area contributed by atoms with E-state index in [1.54, 1.807) is 0 Å². The van der Waals surface area contributed by atoms with E-state index in [2.05, 4.69) is 10.8 Å². The summed E-state index contributed by atoms with van der Waals surface area (Å²) in [5.74, 6) is -1.18. The van der Waals surface area contributed by atoms with Crippen LogP contribution in [-0.4, -0.2) is 30.9 Å². The Kier molecular flexibility index (Phi) is 4.66. The summed E-state index contributed by atoms with van der Waals surface area (Å²) in [5, 5.41) is 18.9. The van der Waals surface area contributed by atoms with E-state index < -0.39 is 23.9 Å². The lowest BCUT2D eigenvalue weighted by atomic mass is 9.67. The molecule has 0 atom stereocenters. The van der Waals surface area contributed by atoms with E-state index in [1.165, 1.54) is 12.1 Å². The number of nitriles is 1. The standard InChI is InChI=1S/C17H17F2NO5/c18-16(19)25-12-2-1-11(13-14(12)24-8-7-23-13)17(9-20)5-3-10(4-6-17)15(21)22/h1-2,10,16H,3-8H2,(H,21,22)/t10-,17-. The van der Waals surface area contributed by atoms with Crippen LogP contribution in [0.4, 0.5) is 8.78 Å². The van der Waals surface area contributed by atoms with Crippen molar-refractivity contribution in [3.8, 4) is 23.3 Å². The Bertz CT molecular complexity index is 708. The number of carboxylic acids is 1. The summed E-state index contributed by atoms with van der Waals surface area (Å²) in [6, 6.07) is 5.17. The molecule has 3 rings (SSSR count). The molecule has 0 spiro atoms. The number of hydrogen-bond donors (Lipinski definition) is 1. The number of hydrogen-bond acceptors (Lipinski definition) is 5. The van der Waals surface area contributed by atoms with Crippen LogP contribution in [-0.2, 0) is 10.2 Å². The Hall–Kier alpha value is -2.56. The monoisotopic (exact) mass is 353 g/mol. The van der Waals surface area contributed by atoms with E-state index >= 15 is 0 Å². The molecular formula is C17H17F2NO5. The van der Waals surface area contributed by atoms with Crippen LogP contribution in [0.1, 0.15) is 31.2 Å². The molecule has 6 nitrogen and oxygen atoms in total. The summed E-state index contributed by atoms with van der Waals surface area (Å²) in [6.07, 6.45) is 1.44. The molecule has 2 aliphatic rings. The van der Waals surface area contributed by atoms with Crippen molar-refractivity contribution in [3.63, 3.8) is 0 Å². The maximum absolute atomic E-state index is 12.6. The van der Waals surface area contributed by atoms with Crippen molar-refractivity contribution in [2.24, 2.45) is 5.92 Å². The van der Waals surface area contributed by atoms with Gasteiger partial charge in [-0.25, -0.2) is 0 Å². The van der Waals surface area contributed by atoms with Crippen molar-refractivity contribution in [3.05, 3.63) is 17.7 Å². The zero-order chi connectivity index (χ0) is 18.0. The molecule has 1 aromatic rings. The molecule has 8 heteroatoms. The van der Waals surface area contributed by atoms with Gasteiger partial charge < -0.3 is 19.3 Å². The van der Waals surface area contributed by atoms with Crippen LogP contribution in [0.15, 0.2) is 12.1 Å². The van der Waals surface area contributed by atoms with Gasteiger partial charge in [-0.1, -0.05) is 0 Å². The maximum atomic E-state index is 12.6. The number of halogens is 2. The molecular weight excluding hydrogens is 336 g/mol. The molecule has 134 valence electrons. The number of carboxylic acid groups (broad SMARTS) is 1. The first kappa shape index (κ1) is 17.3. The molecule has 1 aromatic carbocycles. The van der Waals surface area contributed by atoms with Crippen molar-refractivity contribution < 1.29 is 32.9 Å². The summed E-state index contributed by atoms with van der Waals surface area (Å²) in [6.45, 7) is -2.58. The van der Waals surface area contributed by atoms with Crippen LogP contribution in [0, 0.1) is 17.2 Å². The van der Waals surface area contributed by atoms with Crippen molar-refractivity contribution in [1.29, 1.82) is 5.26 Å². The third-order valence-corrected chi connectivity index (χ3v) is 4.79. The summed E-state index contributed by atoms with van der Waals surface area (Å²) in [5.41, 5.74) is -0.393. The minimum atomic E-state index is -3.00. The van der Waals surface area contributed by atoms with Crippen LogP contribution in [0.25, 0.3) is 0 Å². The van der Waals surface area contributed by atoms with Crippen molar-refractivity contribution in [2.45, 2.75) is 37.7 Å². The SMILES string of the molecule is N#C[C@]1(c2ccc(OC(F)F)c3c2OCCO3)CC[C@H](C(=O)O)CC1. The van der Waals surface area contributed by atoms with Crippen molar-refractivity contribution in [2.75, 3.05) is 13.2 Å². The van der Waals surface area contributed by atoms with Gasteiger partial charge in [-0.05, 0) is 37.8 Å². The highest BCUT2D eigenvalue weighted by Gasteiger charge is 2.42. The molecule has 0 bridgehead atoms. The number of alkyl halides is 2. The Morgan fingerprint density at radius 2 is 1.92 bits per heavy atom. The minimum absolute atomic E-state index is 0.0685. The van der Waals surface area contributed by atoms with Gasteiger partial charge >= 0.3 is 12.6 Å². The number of nitrogens with zero attached hydrogens (tertiary/aromatic N) is 1. The number of fused-ring (bicyclic) bond motifs is 1. The molecule has 1 heterocycles. The van der Waals surface area contributed by atoms with Crippen LogP contribution in [0.5, 0.6) is 17.2 Å². The van der Waals surface area contributed by atoms with Gasteiger partial charge in [-0.3, -0.25) is 4.79 Å². The third-order valence-electron chi connectivity index (χ3n) is 4.79. The highest BCUT2D eigenvalue weighted by Crippen LogP contribution is 2.51. The summed E-state index contributed by atoms with van der Waals surface area (Å²) >= 11 is 0. The first-order valence-electron chi connectivity index (χ1n) is 7.99. The fraction of sp³-hybridized carbons (Fsp3) is 0.529. The Balaban J connectivity index is 1.99. The zero-order valence-electron chi connectivity index (χ0n) is 13.3. The predicted octanol–water partition coefficient (Wildman–Crippen LogP) is 3.10. The molecule has 0 amide bonds. The molecule has 1 aliphatic heterocycles. The number of benzene rings is 1. The van der Waals surface area contributed by atoms with Gasteiger partial charge in [-0.2, -0.15) is 14.0 Å². The lowest BCUT2D eigenvalue weighted by molar-refractivity contribution is -0.143.